The van der Waals surface area contributed by atoms with Crippen molar-refractivity contribution in [3.63, 3.8) is 0 Å². The molecule has 1 fully saturated rings. The van der Waals surface area contributed by atoms with E-state index in [1.807, 2.05) is 82.6 Å². The summed E-state index contributed by atoms with van der Waals surface area (Å²) in [4.78, 5) is 34.3. The highest BCUT2D eigenvalue weighted by molar-refractivity contribution is 6.08. The fourth-order valence-corrected chi connectivity index (χ4v) is 6.79. The molecule has 1 saturated heterocycles. The lowest BCUT2D eigenvalue weighted by molar-refractivity contribution is 0.0585. The second kappa shape index (κ2) is 11.9. The standard InChI is InChI=1S/C38H38N4O3/c1-26(2)39-19-21-40(22-20-39)38(44)35-18-16-30-25-42(34-14-7-5-10-29(34)24-41(30)35)37(43)28-15-17-33(36(23-28)45-3)32-13-8-11-27-9-4-6-12-31(27)32/h4-18,23,26H,19-22,24-25H2,1-3H3. The summed E-state index contributed by atoms with van der Waals surface area (Å²) in [6, 6.07) is 32.6. The van der Waals surface area contributed by atoms with Gasteiger partial charge in [0.25, 0.3) is 11.8 Å². The van der Waals surface area contributed by atoms with Gasteiger partial charge in [0.2, 0.25) is 0 Å². The van der Waals surface area contributed by atoms with Gasteiger partial charge in [-0.25, -0.2) is 0 Å². The molecule has 0 spiro atoms. The van der Waals surface area contributed by atoms with E-state index >= 15 is 0 Å². The molecule has 7 rings (SSSR count). The molecule has 2 aliphatic rings. The molecular weight excluding hydrogens is 560 g/mol. The Morgan fingerprint density at radius 3 is 2.29 bits per heavy atom. The van der Waals surface area contributed by atoms with Crippen molar-refractivity contribution in [2.24, 2.45) is 0 Å². The zero-order valence-corrected chi connectivity index (χ0v) is 26.1. The third-order valence-electron chi connectivity index (χ3n) is 9.33. The first-order valence-electron chi connectivity index (χ1n) is 15.7. The zero-order chi connectivity index (χ0) is 31.1. The van der Waals surface area contributed by atoms with E-state index in [4.69, 9.17) is 4.74 Å². The molecule has 2 aliphatic heterocycles. The molecule has 3 heterocycles. The summed E-state index contributed by atoms with van der Waals surface area (Å²) in [5, 5.41) is 2.28. The van der Waals surface area contributed by atoms with Gasteiger partial charge in [0.05, 0.1) is 20.2 Å². The fraction of sp³-hybridized carbons (Fsp3) is 0.263. The van der Waals surface area contributed by atoms with Crippen molar-refractivity contribution in [1.82, 2.24) is 14.4 Å². The van der Waals surface area contributed by atoms with E-state index in [1.165, 1.54) is 0 Å². The van der Waals surface area contributed by atoms with Crippen molar-refractivity contribution in [3.8, 4) is 16.9 Å². The molecule has 7 heteroatoms. The number of piperazine rings is 1. The van der Waals surface area contributed by atoms with Crippen LogP contribution in [0.3, 0.4) is 0 Å². The van der Waals surface area contributed by atoms with E-state index < -0.39 is 0 Å². The van der Waals surface area contributed by atoms with Gasteiger partial charge in [-0.2, -0.15) is 0 Å². The Labute approximate surface area is 264 Å². The van der Waals surface area contributed by atoms with Gasteiger partial charge in [-0.3, -0.25) is 14.5 Å². The normalized spacial score (nSPS) is 15.1. The third-order valence-corrected chi connectivity index (χ3v) is 9.33. The average molecular weight is 599 g/mol. The average Bonchev–Trinajstić information content (AvgIpc) is 3.39. The Hall–Kier alpha value is -4.88. The maximum Gasteiger partial charge on any atom is 0.270 e. The van der Waals surface area contributed by atoms with Gasteiger partial charge in [-0.05, 0) is 72.1 Å². The number of benzene rings is 4. The number of fused-ring (bicyclic) bond motifs is 3. The van der Waals surface area contributed by atoms with Crippen LogP contribution in [-0.2, 0) is 13.1 Å². The largest absolute Gasteiger partial charge is 0.496 e. The molecule has 4 aromatic carbocycles. The van der Waals surface area contributed by atoms with Crippen molar-refractivity contribution in [3.05, 3.63) is 120 Å². The number of hydrogen-bond acceptors (Lipinski definition) is 4. The molecule has 7 nitrogen and oxygen atoms in total. The van der Waals surface area contributed by atoms with Crippen LogP contribution >= 0.6 is 0 Å². The Morgan fingerprint density at radius 2 is 1.49 bits per heavy atom. The Bertz CT molecular complexity index is 1900. The summed E-state index contributed by atoms with van der Waals surface area (Å²) in [6.07, 6.45) is 0. The van der Waals surface area contributed by atoms with E-state index in [1.54, 1.807) is 7.11 Å². The number of anilines is 1. The quantitative estimate of drug-likeness (QED) is 0.226. The van der Waals surface area contributed by atoms with Crippen LogP contribution in [0.4, 0.5) is 5.69 Å². The lowest BCUT2D eigenvalue weighted by atomic mass is 9.96. The minimum atomic E-state index is -0.113. The number of rotatable bonds is 5. The maximum absolute atomic E-state index is 14.3. The smallest absolute Gasteiger partial charge is 0.270 e. The number of carbonyl (C=O) groups excluding carboxylic acids is 2. The number of para-hydroxylation sites is 1. The molecule has 0 atom stereocenters. The highest BCUT2D eigenvalue weighted by Crippen LogP contribution is 2.37. The minimum absolute atomic E-state index is 0.0516. The molecule has 5 aromatic rings. The molecular formula is C38H38N4O3. The number of ether oxygens (including phenoxy) is 1. The lowest BCUT2D eigenvalue weighted by Gasteiger charge is -2.37. The molecule has 45 heavy (non-hydrogen) atoms. The van der Waals surface area contributed by atoms with Crippen LogP contribution < -0.4 is 9.64 Å². The van der Waals surface area contributed by atoms with Crippen molar-refractivity contribution in [2.75, 3.05) is 38.2 Å². The first-order chi connectivity index (χ1) is 21.9. The van der Waals surface area contributed by atoms with Gasteiger partial charge in [0.15, 0.2) is 0 Å². The van der Waals surface area contributed by atoms with Crippen LogP contribution in [0.15, 0.2) is 97.1 Å². The van der Waals surface area contributed by atoms with E-state index in [0.29, 0.717) is 36.1 Å². The van der Waals surface area contributed by atoms with Crippen LogP contribution in [0.25, 0.3) is 21.9 Å². The Morgan fingerprint density at radius 1 is 0.733 bits per heavy atom. The molecule has 228 valence electrons. The van der Waals surface area contributed by atoms with Gasteiger partial charge >= 0.3 is 0 Å². The third kappa shape index (κ3) is 5.27. The summed E-state index contributed by atoms with van der Waals surface area (Å²) < 4.78 is 7.95. The summed E-state index contributed by atoms with van der Waals surface area (Å²) in [6.45, 7) is 8.48. The zero-order valence-electron chi connectivity index (χ0n) is 26.1. The molecule has 0 aliphatic carbocycles. The van der Waals surface area contributed by atoms with Crippen LogP contribution in [0.1, 0.15) is 46.0 Å². The monoisotopic (exact) mass is 598 g/mol. The fourth-order valence-electron chi connectivity index (χ4n) is 6.79. The molecule has 0 radical (unpaired) electrons. The summed E-state index contributed by atoms with van der Waals surface area (Å²) in [7, 11) is 1.65. The molecule has 0 unspecified atom stereocenters. The van der Waals surface area contributed by atoms with Crippen LogP contribution in [0.2, 0.25) is 0 Å². The van der Waals surface area contributed by atoms with E-state index in [9.17, 15) is 9.59 Å². The Balaban J connectivity index is 1.21. The van der Waals surface area contributed by atoms with Crippen molar-refractivity contribution in [2.45, 2.75) is 33.0 Å². The highest BCUT2D eigenvalue weighted by Gasteiger charge is 2.30. The van der Waals surface area contributed by atoms with Crippen LogP contribution in [0, 0.1) is 0 Å². The molecule has 0 bridgehead atoms. The molecule has 0 saturated carbocycles. The summed E-state index contributed by atoms with van der Waals surface area (Å²) in [5.41, 5.74) is 6.00. The van der Waals surface area contributed by atoms with E-state index in [2.05, 4.69) is 47.6 Å². The first-order valence-corrected chi connectivity index (χ1v) is 15.7. The van der Waals surface area contributed by atoms with Gasteiger partial charge in [-0.1, -0.05) is 60.7 Å². The first kappa shape index (κ1) is 28.9. The highest BCUT2D eigenvalue weighted by atomic mass is 16.5. The minimum Gasteiger partial charge on any atom is -0.496 e. The summed E-state index contributed by atoms with van der Waals surface area (Å²) >= 11 is 0. The van der Waals surface area contributed by atoms with Crippen LogP contribution in [-0.4, -0.2) is 65.5 Å². The van der Waals surface area contributed by atoms with Gasteiger partial charge < -0.3 is 19.1 Å². The number of carbonyl (C=O) groups is 2. The van der Waals surface area contributed by atoms with Crippen molar-refractivity contribution in [1.29, 1.82) is 0 Å². The number of amides is 2. The SMILES string of the molecule is COc1cc(C(=O)N2Cc3ccc(C(=O)N4CCN(C(C)C)CC4)n3Cc3ccccc32)ccc1-c1cccc2ccccc12. The number of hydrogen-bond donors (Lipinski definition) is 0. The van der Waals surface area contributed by atoms with Gasteiger partial charge in [0.1, 0.15) is 11.4 Å². The predicted octanol–water partition coefficient (Wildman–Crippen LogP) is 6.69. The second-order valence-corrected chi connectivity index (χ2v) is 12.2. The Kier molecular flexibility index (Phi) is 7.63. The molecule has 0 N–H and O–H groups in total. The number of methoxy groups -OCH3 is 1. The van der Waals surface area contributed by atoms with E-state index in [-0.39, 0.29) is 11.8 Å². The lowest BCUT2D eigenvalue weighted by Crippen LogP contribution is -2.51. The number of nitrogens with zero attached hydrogens (tertiary/aromatic N) is 4. The second-order valence-electron chi connectivity index (χ2n) is 12.2. The van der Waals surface area contributed by atoms with Crippen molar-refractivity contribution >= 4 is 28.3 Å². The number of aromatic nitrogens is 1. The molecule has 1 aromatic heterocycles. The summed E-state index contributed by atoms with van der Waals surface area (Å²) in [5.74, 6) is 0.586. The van der Waals surface area contributed by atoms with Gasteiger partial charge in [-0.15, -0.1) is 0 Å². The van der Waals surface area contributed by atoms with E-state index in [0.717, 1.165) is 65.0 Å². The molecule has 2 amide bonds. The maximum atomic E-state index is 14.3. The topological polar surface area (TPSA) is 58.0 Å². The predicted molar refractivity (Wildman–Crippen MR) is 179 cm³/mol. The van der Waals surface area contributed by atoms with Crippen LogP contribution in [0.5, 0.6) is 5.75 Å². The van der Waals surface area contributed by atoms with Gasteiger partial charge in [0, 0.05) is 54.7 Å². The van der Waals surface area contributed by atoms with Crippen molar-refractivity contribution < 1.29 is 14.3 Å².